The van der Waals surface area contributed by atoms with E-state index in [1.807, 2.05) is 24.3 Å². The Morgan fingerprint density at radius 2 is 2.12 bits per heavy atom. The molecule has 0 aliphatic heterocycles. The highest BCUT2D eigenvalue weighted by atomic mass is 32.1. The predicted molar refractivity (Wildman–Crippen MR) is 101 cm³/mol. The van der Waals surface area contributed by atoms with Gasteiger partial charge in [0.15, 0.2) is 0 Å². The number of methoxy groups -OCH3 is 1. The molecule has 2 aromatic carbocycles. The van der Waals surface area contributed by atoms with Crippen LogP contribution in [0.2, 0.25) is 0 Å². The SMILES string of the molecule is COc1ccccc1/C=C(\C#N)c1nc(-c2cccc([N+](=O)[O-])c2)cs1. The van der Waals surface area contributed by atoms with E-state index < -0.39 is 4.92 Å². The van der Waals surface area contributed by atoms with E-state index in [0.717, 1.165) is 5.56 Å². The van der Waals surface area contributed by atoms with Crippen LogP contribution in [0.4, 0.5) is 5.69 Å². The number of hydrogen-bond acceptors (Lipinski definition) is 6. The average molecular weight is 363 g/mol. The maximum Gasteiger partial charge on any atom is 0.270 e. The number of hydrogen-bond donors (Lipinski definition) is 0. The lowest BCUT2D eigenvalue weighted by molar-refractivity contribution is -0.384. The van der Waals surface area contributed by atoms with Crippen molar-refractivity contribution in [3.8, 4) is 23.1 Å². The van der Waals surface area contributed by atoms with Crippen LogP contribution in [-0.2, 0) is 0 Å². The Bertz CT molecular complexity index is 1030. The number of benzene rings is 2. The van der Waals surface area contributed by atoms with Crippen LogP contribution in [0.1, 0.15) is 10.6 Å². The lowest BCUT2D eigenvalue weighted by Gasteiger charge is -2.04. The number of para-hydroxylation sites is 1. The lowest BCUT2D eigenvalue weighted by Crippen LogP contribution is -1.89. The van der Waals surface area contributed by atoms with E-state index in [4.69, 9.17) is 4.74 Å². The third kappa shape index (κ3) is 3.61. The Morgan fingerprint density at radius 3 is 2.85 bits per heavy atom. The van der Waals surface area contributed by atoms with Crippen LogP contribution in [0.25, 0.3) is 22.9 Å². The second-order valence-electron chi connectivity index (χ2n) is 5.26. The molecule has 3 aromatic rings. The molecular weight excluding hydrogens is 350 g/mol. The van der Waals surface area contributed by atoms with Crippen LogP contribution in [0.5, 0.6) is 5.75 Å². The monoisotopic (exact) mass is 363 g/mol. The summed E-state index contributed by atoms with van der Waals surface area (Å²) in [7, 11) is 1.57. The maximum absolute atomic E-state index is 10.9. The van der Waals surface area contributed by atoms with E-state index in [-0.39, 0.29) is 5.69 Å². The minimum absolute atomic E-state index is 0.00196. The van der Waals surface area contributed by atoms with Gasteiger partial charge in [-0.25, -0.2) is 4.98 Å². The van der Waals surface area contributed by atoms with Gasteiger partial charge < -0.3 is 4.74 Å². The quantitative estimate of drug-likeness (QED) is 0.369. The summed E-state index contributed by atoms with van der Waals surface area (Å²) < 4.78 is 5.30. The summed E-state index contributed by atoms with van der Waals surface area (Å²) in [6.07, 6.45) is 1.72. The van der Waals surface area contributed by atoms with Gasteiger partial charge >= 0.3 is 0 Å². The third-order valence-corrected chi connectivity index (χ3v) is 4.52. The standard InChI is InChI=1S/C19H13N3O3S/c1-25-18-8-3-2-5-14(18)9-15(11-20)19-21-17(12-26-19)13-6-4-7-16(10-13)22(23)24/h2-10,12H,1H3/b15-9+. The van der Waals surface area contributed by atoms with Crippen LogP contribution in [0, 0.1) is 21.4 Å². The Kier molecular flexibility index (Phi) is 5.06. The van der Waals surface area contributed by atoms with Crippen molar-refractivity contribution in [2.24, 2.45) is 0 Å². The number of nitrogens with zero attached hydrogens (tertiary/aromatic N) is 3. The Labute approximate surface area is 153 Å². The van der Waals surface area contributed by atoms with Gasteiger partial charge in [-0.1, -0.05) is 30.3 Å². The van der Waals surface area contributed by atoms with Gasteiger partial charge in [-0.3, -0.25) is 10.1 Å². The molecule has 0 N–H and O–H groups in total. The summed E-state index contributed by atoms with van der Waals surface area (Å²) in [5, 5.41) is 22.8. The number of nitro groups is 1. The average Bonchev–Trinajstić information content (AvgIpc) is 3.16. The molecule has 3 rings (SSSR count). The van der Waals surface area contributed by atoms with E-state index >= 15 is 0 Å². The molecule has 1 aromatic heterocycles. The van der Waals surface area contributed by atoms with E-state index in [2.05, 4.69) is 11.1 Å². The molecule has 26 heavy (non-hydrogen) atoms. The molecular formula is C19H13N3O3S. The zero-order valence-corrected chi connectivity index (χ0v) is 14.6. The fourth-order valence-corrected chi connectivity index (χ4v) is 3.19. The molecule has 0 bridgehead atoms. The van der Waals surface area contributed by atoms with Gasteiger partial charge in [-0.2, -0.15) is 5.26 Å². The molecule has 0 unspecified atom stereocenters. The van der Waals surface area contributed by atoms with E-state index in [1.165, 1.54) is 23.5 Å². The number of nitriles is 1. The first-order chi connectivity index (χ1) is 12.6. The highest BCUT2D eigenvalue weighted by molar-refractivity contribution is 7.11. The molecule has 1 heterocycles. The van der Waals surface area contributed by atoms with Crippen LogP contribution >= 0.6 is 11.3 Å². The number of allylic oxidation sites excluding steroid dienone is 1. The molecule has 0 saturated heterocycles. The van der Waals surface area contributed by atoms with Crippen molar-refractivity contribution in [3.63, 3.8) is 0 Å². The summed E-state index contributed by atoms with van der Waals surface area (Å²) in [5.74, 6) is 0.663. The fraction of sp³-hybridized carbons (Fsp3) is 0.0526. The molecule has 128 valence electrons. The molecule has 0 atom stereocenters. The summed E-state index contributed by atoms with van der Waals surface area (Å²) >= 11 is 1.31. The predicted octanol–water partition coefficient (Wildman–Crippen LogP) is 4.79. The second kappa shape index (κ2) is 7.59. The number of thiazole rings is 1. The first-order valence-corrected chi connectivity index (χ1v) is 8.46. The first kappa shape index (κ1) is 17.3. The van der Waals surface area contributed by atoms with Gasteiger partial charge in [0.1, 0.15) is 16.8 Å². The highest BCUT2D eigenvalue weighted by Crippen LogP contribution is 2.30. The van der Waals surface area contributed by atoms with E-state index in [9.17, 15) is 15.4 Å². The zero-order valence-electron chi connectivity index (χ0n) is 13.7. The number of non-ortho nitro benzene ring substituents is 1. The van der Waals surface area contributed by atoms with Crippen LogP contribution < -0.4 is 4.74 Å². The lowest BCUT2D eigenvalue weighted by atomic mass is 10.1. The van der Waals surface area contributed by atoms with Crippen molar-refractivity contribution in [2.75, 3.05) is 7.11 Å². The normalized spacial score (nSPS) is 11.0. The second-order valence-corrected chi connectivity index (χ2v) is 6.12. The summed E-state index contributed by atoms with van der Waals surface area (Å²) in [6.45, 7) is 0. The summed E-state index contributed by atoms with van der Waals surface area (Å²) in [6, 6.07) is 15.8. The van der Waals surface area contributed by atoms with Crippen LogP contribution in [0.3, 0.4) is 0 Å². The first-order valence-electron chi connectivity index (χ1n) is 7.58. The van der Waals surface area contributed by atoms with E-state index in [1.54, 1.807) is 30.7 Å². The highest BCUT2D eigenvalue weighted by Gasteiger charge is 2.13. The van der Waals surface area contributed by atoms with E-state index in [0.29, 0.717) is 27.6 Å². The Morgan fingerprint density at radius 1 is 1.31 bits per heavy atom. The number of aromatic nitrogens is 1. The molecule has 0 spiro atoms. The molecule has 7 heteroatoms. The van der Waals surface area contributed by atoms with Crippen molar-refractivity contribution in [1.82, 2.24) is 4.98 Å². The van der Waals surface area contributed by atoms with Gasteiger partial charge in [-0.05, 0) is 12.1 Å². The largest absolute Gasteiger partial charge is 0.496 e. The van der Waals surface area contributed by atoms with Crippen molar-refractivity contribution in [2.45, 2.75) is 0 Å². The molecule has 0 radical (unpaired) electrons. The third-order valence-electron chi connectivity index (χ3n) is 3.65. The smallest absolute Gasteiger partial charge is 0.270 e. The molecule has 0 aliphatic rings. The van der Waals surface area contributed by atoms with Crippen molar-refractivity contribution >= 4 is 28.7 Å². The topological polar surface area (TPSA) is 89.0 Å². The van der Waals surface area contributed by atoms with Gasteiger partial charge in [0, 0.05) is 28.6 Å². The Hall–Kier alpha value is -3.50. The van der Waals surface area contributed by atoms with Crippen molar-refractivity contribution in [1.29, 1.82) is 5.26 Å². The van der Waals surface area contributed by atoms with Crippen molar-refractivity contribution < 1.29 is 9.66 Å². The van der Waals surface area contributed by atoms with Crippen LogP contribution in [-0.4, -0.2) is 17.0 Å². The minimum atomic E-state index is -0.445. The minimum Gasteiger partial charge on any atom is -0.496 e. The number of rotatable bonds is 5. The number of ether oxygens (including phenoxy) is 1. The molecule has 0 fully saturated rings. The number of nitro benzene ring substituents is 1. The van der Waals surface area contributed by atoms with Gasteiger partial charge in [-0.15, -0.1) is 11.3 Å². The van der Waals surface area contributed by atoms with Crippen LogP contribution in [0.15, 0.2) is 53.9 Å². The molecule has 0 amide bonds. The van der Waals surface area contributed by atoms with Crippen molar-refractivity contribution in [3.05, 3.63) is 74.6 Å². The Balaban J connectivity index is 1.98. The van der Waals surface area contributed by atoms with Gasteiger partial charge in [0.25, 0.3) is 5.69 Å². The fourth-order valence-electron chi connectivity index (χ4n) is 2.39. The van der Waals surface area contributed by atoms with Gasteiger partial charge in [0.2, 0.25) is 0 Å². The molecule has 0 aliphatic carbocycles. The summed E-state index contributed by atoms with van der Waals surface area (Å²) in [4.78, 5) is 15.0. The molecule has 6 nitrogen and oxygen atoms in total. The summed E-state index contributed by atoms with van der Waals surface area (Å²) in [5.41, 5.74) is 2.41. The zero-order chi connectivity index (χ0) is 18.5. The molecule has 0 saturated carbocycles. The maximum atomic E-state index is 10.9. The van der Waals surface area contributed by atoms with Gasteiger partial charge in [0.05, 0.1) is 23.3 Å².